The van der Waals surface area contributed by atoms with E-state index in [0.29, 0.717) is 44.6 Å². The van der Waals surface area contributed by atoms with E-state index in [1.807, 2.05) is 6.92 Å². The van der Waals surface area contributed by atoms with E-state index in [1.54, 1.807) is 0 Å². The average molecular weight is 969 g/mol. The van der Waals surface area contributed by atoms with Gasteiger partial charge in [0.2, 0.25) is 17.8 Å². The molecule has 0 spiro atoms. The first-order valence-electron chi connectivity index (χ1n) is 23.8. The molecule has 0 aromatic heterocycles. The van der Waals surface area contributed by atoms with E-state index in [2.05, 4.69) is 33.8 Å². The zero-order chi connectivity index (χ0) is 50.2. The van der Waals surface area contributed by atoms with Gasteiger partial charge in [-0.1, -0.05) is 46.3 Å². The molecule has 69 heavy (non-hydrogen) atoms. The molecular weight excluding hydrogens is 905 g/mol. The molecule has 17 atom stereocenters. The molecule has 2 aromatic rings. The van der Waals surface area contributed by atoms with Crippen molar-refractivity contribution < 1.29 is 94.6 Å². The Morgan fingerprint density at radius 3 is 2.00 bits per heavy atom. The number of carbonyl (C=O) groups excluding carboxylic acids is 3. The fourth-order valence-corrected chi connectivity index (χ4v) is 15.2. The van der Waals surface area contributed by atoms with Gasteiger partial charge in [-0.15, -0.1) is 0 Å². The van der Waals surface area contributed by atoms with Crippen LogP contribution in [0, 0.1) is 56.7 Å². The lowest BCUT2D eigenvalue weighted by molar-refractivity contribution is -0.298. The van der Waals surface area contributed by atoms with Crippen molar-refractivity contribution in [3.05, 3.63) is 34.9 Å². The third-order valence-corrected chi connectivity index (χ3v) is 19.2. The van der Waals surface area contributed by atoms with Crippen LogP contribution in [0.4, 0.5) is 0 Å². The van der Waals surface area contributed by atoms with E-state index in [4.69, 9.17) is 18.9 Å². The number of aliphatic hydroxyl groups is 6. The predicted octanol–water partition coefficient (Wildman–Crippen LogP) is 3.21. The van der Waals surface area contributed by atoms with Crippen LogP contribution in [0.3, 0.4) is 0 Å². The van der Waals surface area contributed by atoms with Gasteiger partial charge in [0, 0.05) is 11.1 Å². The maximum Gasteiger partial charge on any atom is 0.339 e. The molecule has 12 N–H and O–H groups in total. The number of hydrogen-bond acceptors (Lipinski definition) is 19. The van der Waals surface area contributed by atoms with Crippen LogP contribution in [-0.2, 0) is 23.7 Å². The van der Waals surface area contributed by atoms with Gasteiger partial charge in [0.1, 0.15) is 37.1 Å². The molecule has 4 saturated carbocycles. The van der Waals surface area contributed by atoms with Gasteiger partial charge in [-0.25, -0.2) is 9.59 Å². The zero-order valence-corrected chi connectivity index (χ0v) is 39.2. The zero-order valence-electron chi connectivity index (χ0n) is 39.2. The van der Waals surface area contributed by atoms with Gasteiger partial charge in [-0.2, -0.15) is 0 Å². The second kappa shape index (κ2) is 16.6. The van der Waals surface area contributed by atoms with E-state index in [9.17, 15) is 75.7 Å². The third kappa shape index (κ3) is 6.66. The number of ether oxygens (including phenoxy) is 4. The van der Waals surface area contributed by atoms with Gasteiger partial charge in [-0.3, -0.25) is 4.79 Å². The molecule has 2 aliphatic heterocycles. The molecular formula is C50H64O19. The lowest BCUT2D eigenvalue weighted by atomic mass is 9.33. The smallest absolute Gasteiger partial charge is 0.339 e. The Bertz CT molecular complexity index is 2490. The van der Waals surface area contributed by atoms with Crippen molar-refractivity contribution >= 4 is 17.9 Å². The number of aliphatic hydroxyl groups excluding tert-OH is 6. The van der Waals surface area contributed by atoms with Crippen molar-refractivity contribution in [2.24, 2.45) is 56.7 Å². The highest BCUT2D eigenvalue weighted by Crippen LogP contribution is 2.76. The van der Waals surface area contributed by atoms with Crippen molar-refractivity contribution in [2.75, 3.05) is 19.8 Å². The summed E-state index contributed by atoms with van der Waals surface area (Å²) in [6.45, 7) is 8.63. The number of benzene rings is 2. The fraction of sp³-hybridized carbons (Fsp3) is 0.660. The first kappa shape index (κ1) is 49.1. The maximum atomic E-state index is 14.8. The minimum atomic E-state index is -1.77. The number of carbonyl (C=O) groups is 3. The topological polar surface area (TPSA) is 331 Å². The van der Waals surface area contributed by atoms with Gasteiger partial charge < -0.3 is 80.2 Å². The second-order valence-corrected chi connectivity index (χ2v) is 22.0. The monoisotopic (exact) mass is 968 g/mol. The molecule has 0 bridgehead atoms. The lowest BCUT2D eigenvalue weighted by Crippen LogP contribution is -2.70. The van der Waals surface area contributed by atoms with E-state index >= 15 is 0 Å². The highest BCUT2D eigenvalue weighted by molar-refractivity contribution is 6.08. The van der Waals surface area contributed by atoms with Gasteiger partial charge in [0.15, 0.2) is 23.0 Å². The number of fused-ring (bicyclic) bond motifs is 12. The molecule has 9 rings (SSSR count). The highest BCUT2D eigenvalue weighted by atomic mass is 16.7. The molecule has 0 radical (unpaired) electrons. The van der Waals surface area contributed by atoms with Gasteiger partial charge in [-0.05, 0) is 109 Å². The summed E-state index contributed by atoms with van der Waals surface area (Å²) < 4.78 is 23.7. The molecule has 1 saturated heterocycles. The summed E-state index contributed by atoms with van der Waals surface area (Å²) in [5.41, 5.74) is -6.50. The van der Waals surface area contributed by atoms with Gasteiger partial charge in [0.25, 0.3) is 0 Å². The fourth-order valence-electron chi connectivity index (χ4n) is 15.2. The number of rotatable bonds is 4. The Hall–Kier alpha value is -4.89. The number of hydrogen-bond donors (Lipinski definition) is 12. The van der Waals surface area contributed by atoms with Gasteiger partial charge >= 0.3 is 17.9 Å². The largest absolute Gasteiger partial charge is 0.504 e. The quantitative estimate of drug-likeness (QED) is 0.0906. The number of phenols is 6. The van der Waals surface area contributed by atoms with Crippen molar-refractivity contribution in [1.82, 2.24) is 0 Å². The van der Waals surface area contributed by atoms with Crippen LogP contribution in [0.25, 0.3) is 11.1 Å². The number of cyclic esters (lactones) is 1. The summed E-state index contributed by atoms with van der Waals surface area (Å²) in [4.78, 5) is 43.5. The Morgan fingerprint density at radius 1 is 0.768 bits per heavy atom. The van der Waals surface area contributed by atoms with Crippen molar-refractivity contribution in [1.29, 1.82) is 0 Å². The molecule has 378 valence electrons. The number of esters is 3. The summed E-state index contributed by atoms with van der Waals surface area (Å²) in [5, 5.41) is 131. The van der Waals surface area contributed by atoms with Crippen LogP contribution in [0.5, 0.6) is 34.5 Å². The SMILES string of the molecule is C[C@H]1[C@H](C)CC[C@]2(C(=O)O[C@@H]3O[C@H](CO)[C@@H](O)[C@H](O)[C@H]3O)CC[C@]3(C)C(=CC[C@@H]4[C@@]5(C)C[C@@H](O)[C@@H]6OC(=O)c7cc(O)c(O)c(O)c7-c7c(cc(O)c(O)c7O)C(=O)OC[C@]6(CO)[C@@H]5CC[C@]43C)[C@H]12. The normalized spacial score (nSPS) is 42.7. The summed E-state index contributed by atoms with van der Waals surface area (Å²) in [6.07, 6.45) is -5.40. The second-order valence-electron chi connectivity index (χ2n) is 22.0. The average Bonchev–Trinajstić information content (AvgIpc) is 3.32. The molecule has 0 amide bonds. The maximum absolute atomic E-state index is 14.8. The van der Waals surface area contributed by atoms with E-state index in [-0.39, 0.29) is 30.1 Å². The Kier molecular flexibility index (Phi) is 11.8. The summed E-state index contributed by atoms with van der Waals surface area (Å²) in [6, 6.07) is 1.44. The Balaban J connectivity index is 1.11. The first-order chi connectivity index (χ1) is 32.4. The standard InChI is InChI=1S/C50H64O19/c1-20-8-11-49(45(65)69-44-40(62)39(61)36(58)28(17-51)67-44)13-12-47(4)24(33(49)21(20)2)6-7-29-46(3)16-27(55)41-50(18-52,30(46)9-10-48(29,47)5)19-66-42(63)22-14-25(53)34(56)37(59)31(22)32-23(43(64)68-41)15-26(54)35(57)38(32)60/h6,14-15,20-21,27-30,33,36,39-41,44,51-62H,7-13,16-19H2,1-5H3/t20-,21+,27-,28-,29-,30-,33+,36-,39+,40-,41+,44+,46-,47-,48-,49+,50-/m1/s1. The summed E-state index contributed by atoms with van der Waals surface area (Å²) >= 11 is 0. The molecule has 2 aromatic carbocycles. The van der Waals surface area contributed by atoms with E-state index in [1.165, 1.54) is 0 Å². The molecule has 5 aliphatic carbocycles. The number of allylic oxidation sites excluding steroid dienone is 2. The number of phenolic OH excluding ortho intramolecular Hbond substituents is 6. The first-order valence-corrected chi connectivity index (χ1v) is 23.8. The molecule has 0 unspecified atom stereocenters. The Labute approximate surface area is 397 Å². The van der Waals surface area contributed by atoms with Crippen molar-refractivity contribution in [2.45, 2.75) is 129 Å². The molecule has 5 fully saturated rings. The van der Waals surface area contributed by atoms with Crippen molar-refractivity contribution in [3.8, 4) is 45.6 Å². The van der Waals surface area contributed by atoms with E-state index < -0.39 is 170 Å². The van der Waals surface area contributed by atoms with Gasteiger partial charge in [0.05, 0.1) is 41.3 Å². The predicted molar refractivity (Wildman–Crippen MR) is 237 cm³/mol. The lowest BCUT2D eigenvalue weighted by Gasteiger charge is -2.72. The van der Waals surface area contributed by atoms with E-state index in [0.717, 1.165) is 18.1 Å². The van der Waals surface area contributed by atoms with Crippen LogP contribution in [0.2, 0.25) is 0 Å². The van der Waals surface area contributed by atoms with Crippen LogP contribution < -0.4 is 0 Å². The van der Waals surface area contributed by atoms with Crippen LogP contribution in [-0.4, -0.2) is 142 Å². The third-order valence-electron chi connectivity index (χ3n) is 19.2. The number of aromatic hydroxyl groups is 6. The molecule has 19 heteroatoms. The summed E-state index contributed by atoms with van der Waals surface area (Å²) in [7, 11) is 0. The van der Waals surface area contributed by atoms with Crippen molar-refractivity contribution in [3.63, 3.8) is 0 Å². The Morgan fingerprint density at radius 2 is 1.39 bits per heavy atom. The molecule has 7 aliphatic rings. The minimum absolute atomic E-state index is 0.0128. The minimum Gasteiger partial charge on any atom is -0.504 e. The summed E-state index contributed by atoms with van der Waals surface area (Å²) in [5.74, 6) is -10.8. The molecule has 19 nitrogen and oxygen atoms in total. The van der Waals surface area contributed by atoms with Crippen LogP contribution in [0.15, 0.2) is 23.8 Å². The molecule has 2 heterocycles. The van der Waals surface area contributed by atoms with Crippen LogP contribution in [0.1, 0.15) is 107 Å². The highest BCUT2D eigenvalue weighted by Gasteiger charge is 2.73. The van der Waals surface area contributed by atoms with Crippen LogP contribution >= 0.6 is 0 Å².